The number of morpholine rings is 1. The van der Waals surface area contributed by atoms with Crippen LogP contribution in [-0.4, -0.2) is 42.3 Å². The number of nitro groups is 1. The van der Waals surface area contributed by atoms with Crippen LogP contribution >= 0.6 is 11.6 Å². The van der Waals surface area contributed by atoms with Crippen LogP contribution in [0, 0.1) is 10.1 Å². The Labute approximate surface area is 109 Å². The number of rotatable bonds is 4. The molecular weight excluding hydrogens is 260 g/mol. The Morgan fingerprint density at radius 1 is 1.72 bits per heavy atom. The lowest BCUT2D eigenvalue weighted by Crippen LogP contribution is -2.42. The maximum Gasteiger partial charge on any atom is 0.312 e. The molecule has 2 rings (SSSR count). The Hall–Kier alpha value is -1.44. The summed E-state index contributed by atoms with van der Waals surface area (Å²) >= 11 is 5.68. The first-order valence-electron chi connectivity index (χ1n) is 5.53. The zero-order chi connectivity index (χ0) is 13.0. The average molecular weight is 273 g/mol. The van der Waals surface area contributed by atoms with Gasteiger partial charge in [0.25, 0.3) is 0 Å². The van der Waals surface area contributed by atoms with Gasteiger partial charge in [-0.2, -0.15) is 0 Å². The van der Waals surface area contributed by atoms with Crippen molar-refractivity contribution in [2.24, 2.45) is 0 Å². The van der Waals surface area contributed by atoms with E-state index in [4.69, 9.17) is 16.3 Å². The molecule has 0 bridgehead atoms. The van der Waals surface area contributed by atoms with Crippen LogP contribution in [0.4, 0.5) is 11.5 Å². The van der Waals surface area contributed by atoms with Crippen LogP contribution in [0.15, 0.2) is 12.3 Å². The quantitative estimate of drug-likeness (QED) is 0.629. The van der Waals surface area contributed by atoms with Crippen LogP contribution in [-0.2, 0) is 4.74 Å². The summed E-state index contributed by atoms with van der Waals surface area (Å²) < 4.78 is 5.48. The van der Waals surface area contributed by atoms with Gasteiger partial charge >= 0.3 is 5.69 Å². The third kappa shape index (κ3) is 3.28. The van der Waals surface area contributed by atoms with Gasteiger partial charge in [-0.05, 0) is 0 Å². The monoisotopic (exact) mass is 272 g/mol. The summed E-state index contributed by atoms with van der Waals surface area (Å²) in [6.07, 6.45) is 1.35. The predicted molar refractivity (Wildman–Crippen MR) is 67.0 cm³/mol. The van der Waals surface area contributed by atoms with E-state index in [1.807, 2.05) is 0 Å². The topological polar surface area (TPSA) is 89.3 Å². The molecule has 8 heteroatoms. The predicted octanol–water partition coefficient (Wildman–Crippen LogP) is 1.04. The standard InChI is InChI=1S/C10H13ClN4O3/c11-7-3-9(15(16)17)10(13-4-7)14-6-8-5-12-1-2-18-8/h3-4,8,12H,1-2,5-6H2,(H,13,14). The van der Waals surface area contributed by atoms with E-state index >= 15 is 0 Å². The van der Waals surface area contributed by atoms with Gasteiger partial charge in [0.15, 0.2) is 0 Å². The maximum atomic E-state index is 10.8. The first-order valence-corrected chi connectivity index (χ1v) is 5.91. The minimum absolute atomic E-state index is 0.0177. The van der Waals surface area contributed by atoms with Crippen molar-refractivity contribution in [2.45, 2.75) is 6.10 Å². The molecule has 1 unspecified atom stereocenters. The number of hydrogen-bond donors (Lipinski definition) is 2. The van der Waals surface area contributed by atoms with Gasteiger partial charge in [0.2, 0.25) is 5.82 Å². The smallest absolute Gasteiger partial charge is 0.312 e. The molecule has 1 aliphatic heterocycles. The second-order valence-corrected chi connectivity index (χ2v) is 4.29. The van der Waals surface area contributed by atoms with Crippen molar-refractivity contribution in [3.05, 3.63) is 27.4 Å². The molecule has 1 aliphatic rings. The van der Waals surface area contributed by atoms with Crippen molar-refractivity contribution in [1.82, 2.24) is 10.3 Å². The highest BCUT2D eigenvalue weighted by Crippen LogP contribution is 2.24. The third-order valence-corrected chi connectivity index (χ3v) is 2.74. The van der Waals surface area contributed by atoms with Crippen LogP contribution in [0.2, 0.25) is 5.02 Å². The number of aromatic nitrogens is 1. The lowest BCUT2D eigenvalue weighted by Gasteiger charge is -2.23. The molecule has 7 nitrogen and oxygen atoms in total. The number of hydrogen-bond acceptors (Lipinski definition) is 6. The van der Waals surface area contributed by atoms with Gasteiger partial charge in [-0.25, -0.2) is 4.98 Å². The van der Waals surface area contributed by atoms with E-state index < -0.39 is 4.92 Å². The molecule has 0 spiro atoms. The molecule has 1 aromatic heterocycles. The molecule has 1 aromatic rings. The van der Waals surface area contributed by atoms with E-state index in [0.717, 1.165) is 6.54 Å². The molecule has 1 saturated heterocycles. The number of halogens is 1. The van der Waals surface area contributed by atoms with Crippen LogP contribution in [0.1, 0.15) is 0 Å². The van der Waals surface area contributed by atoms with Crippen molar-refractivity contribution in [2.75, 3.05) is 31.6 Å². The molecule has 18 heavy (non-hydrogen) atoms. The van der Waals surface area contributed by atoms with E-state index in [0.29, 0.717) is 19.7 Å². The summed E-state index contributed by atoms with van der Waals surface area (Å²) in [5.41, 5.74) is -0.133. The fraction of sp³-hybridized carbons (Fsp3) is 0.500. The van der Waals surface area contributed by atoms with Gasteiger partial charge in [0.05, 0.1) is 22.7 Å². The minimum atomic E-state index is -0.513. The summed E-state index contributed by atoms with van der Waals surface area (Å²) in [5, 5.41) is 17.2. The summed E-state index contributed by atoms with van der Waals surface area (Å²) in [7, 11) is 0. The molecule has 0 amide bonds. The van der Waals surface area contributed by atoms with Crippen LogP contribution < -0.4 is 10.6 Å². The number of nitrogens with zero attached hydrogens (tertiary/aromatic N) is 2. The van der Waals surface area contributed by atoms with Gasteiger partial charge < -0.3 is 15.4 Å². The van der Waals surface area contributed by atoms with Crippen molar-refractivity contribution in [1.29, 1.82) is 0 Å². The second kappa shape index (κ2) is 5.94. The van der Waals surface area contributed by atoms with Crippen LogP contribution in [0.5, 0.6) is 0 Å². The Balaban J connectivity index is 2.01. The highest BCUT2D eigenvalue weighted by Gasteiger charge is 2.18. The van der Waals surface area contributed by atoms with Gasteiger partial charge in [-0.15, -0.1) is 0 Å². The normalized spacial score (nSPS) is 19.5. The van der Waals surface area contributed by atoms with Crippen molar-refractivity contribution < 1.29 is 9.66 Å². The molecule has 0 aliphatic carbocycles. The minimum Gasteiger partial charge on any atom is -0.374 e. The third-order valence-electron chi connectivity index (χ3n) is 2.53. The molecule has 1 atom stereocenters. The van der Waals surface area contributed by atoms with E-state index in [9.17, 15) is 10.1 Å². The molecule has 0 saturated carbocycles. The zero-order valence-corrected chi connectivity index (χ0v) is 10.3. The molecule has 0 radical (unpaired) electrons. The van der Waals surface area contributed by atoms with Crippen LogP contribution in [0.3, 0.4) is 0 Å². The SMILES string of the molecule is O=[N+]([O-])c1cc(Cl)cnc1NCC1CNCCO1. The van der Waals surface area contributed by atoms with Gasteiger partial charge in [0, 0.05) is 31.9 Å². The van der Waals surface area contributed by atoms with E-state index in [1.165, 1.54) is 12.3 Å². The van der Waals surface area contributed by atoms with E-state index in [-0.39, 0.29) is 22.6 Å². The Bertz CT molecular complexity index is 437. The highest BCUT2D eigenvalue weighted by molar-refractivity contribution is 6.30. The van der Waals surface area contributed by atoms with E-state index in [2.05, 4.69) is 15.6 Å². The lowest BCUT2D eigenvalue weighted by atomic mass is 10.3. The van der Waals surface area contributed by atoms with Crippen molar-refractivity contribution in [3.63, 3.8) is 0 Å². The summed E-state index contributed by atoms with van der Waals surface area (Å²) in [6, 6.07) is 1.27. The second-order valence-electron chi connectivity index (χ2n) is 3.86. The molecular formula is C10H13ClN4O3. The summed E-state index contributed by atoms with van der Waals surface area (Å²) in [5.74, 6) is 0.207. The number of ether oxygens (including phenoxy) is 1. The van der Waals surface area contributed by atoms with E-state index in [1.54, 1.807) is 0 Å². The molecule has 0 aromatic carbocycles. The number of pyridine rings is 1. The summed E-state index contributed by atoms with van der Waals surface area (Å²) in [6.45, 7) is 2.65. The first kappa shape index (κ1) is 13.0. The molecule has 98 valence electrons. The average Bonchev–Trinajstić information content (AvgIpc) is 2.38. The summed E-state index contributed by atoms with van der Waals surface area (Å²) in [4.78, 5) is 14.3. The number of anilines is 1. The van der Waals surface area contributed by atoms with Gasteiger partial charge in [-0.3, -0.25) is 10.1 Å². The maximum absolute atomic E-state index is 10.8. The fourth-order valence-corrected chi connectivity index (χ4v) is 1.82. The van der Waals surface area contributed by atoms with Crippen molar-refractivity contribution >= 4 is 23.1 Å². The van der Waals surface area contributed by atoms with Gasteiger partial charge in [-0.1, -0.05) is 11.6 Å². The Morgan fingerprint density at radius 2 is 2.56 bits per heavy atom. The Kier molecular flexibility index (Phi) is 4.29. The van der Waals surface area contributed by atoms with Crippen LogP contribution in [0.25, 0.3) is 0 Å². The van der Waals surface area contributed by atoms with Crippen molar-refractivity contribution in [3.8, 4) is 0 Å². The highest BCUT2D eigenvalue weighted by atomic mass is 35.5. The fourth-order valence-electron chi connectivity index (χ4n) is 1.67. The largest absolute Gasteiger partial charge is 0.374 e. The molecule has 2 heterocycles. The molecule has 1 fully saturated rings. The lowest BCUT2D eigenvalue weighted by molar-refractivity contribution is -0.384. The first-order chi connectivity index (χ1) is 8.66. The van der Waals surface area contributed by atoms with Gasteiger partial charge in [0.1, 0.15) is 0 Å². The zero-order valence-electron chi connectivity index (χ0n) is 9.56. The number of nitrogens with one attached hydrogen (secondary N) is 2. The molecule has 2 N–H and O–H groups in total. The Morgan fingerprint density at radius 3 is 3.22 bits per heavy atom.